The first-order valence-corrected chi connectivity index (χ1v) is 11.0. The third kappa shape index (κ3) is 4.66. The highest BCUT2D eigenvalue weighted by molar-refractivity contribution is 8.13. The number of carbonyl (C=O) groups excluding carboxylic acids is 1. The van der Waals surface area contributed by atoms with Gasteiger partial charge in [0.15, 0.2) is 5.17 Å². The van der Waals surface area contributed by atoms with Crippen LogP contribution in [0.25, 0.3) is 6.08 Å². The number of thioether (sulfide) groups is 1. The Balaban J connectivity index is 1.68. The number of aryl methyl sites for hydroxylation is 1. The van der Waals surface area contributed by atoms with Crippen LogP contribution in [0.15, 0.2) is 63.7 Å². The van der Waals surface area contributed by atoms with Gasteiger partial charge in [-0.15, -0.1) is 0 Å². The van der Waals surface area contributed by atoms with Gasteiger partial charge in [0, 0.05) is 12.1 Å². The van der Waals surface area contributed by atoms with Crippen molar-refractivity contribution in [1.29, 1.82) is 0 Å². The maximum Gasteiger partial charge on any atom is 0.283 e. The number of halogens is 1. The van der Waals surface area contributed by atoms with Crippen molar-refractivity contribution in [2.75, 3.05) is 19.1 Å². The molecule has 0 aliphatic carbocycles. The molecule has 0 saturated heterocycles. The third-order valence-corrected chi connectivity index (χ3v) is 5.94. The van der Waals surface area contributed by atoms with E-state index in [1.54, 1.807) is 36.3 Å². The van der Waals surface area contributed by atoms with Crippen molar-refractivity contribution in [3.8, 4) is 11.5 Å². The fourth-order valence-electron chi connectivity index (χ4n) is 3.09. The van der Waals surface area contributed by atoms with Crippen LogP contribution in [-0.4, -0.2) is 30.5 Å². The molecule has 1 aliphatic rings. The van der Waals surface area contributed by atoms with E-state index in [9.17, 15) is 4.79 Å². The molecule has 0 bridgehead atoms. The Morgan fingerprint density at radius 1 is 1.12 bits per heavy atom. The predicted octanol–water partition coefficient (Wildman–Crippen LogP) is 5.33. The number of anilines is 1. The van der Waals surface area contributed by atoms with Gasteiger partial charge in [0.1, 0.15) is 23.0 Å². The van der Waals surface area contributed by atoms with E-state index in [-0.39, 0.29) is 5.91 Å². The number of benzene rings is 2. The molecule has 1 aliphatic heterocycles. The Bertz CT molecular complexity index is 1200. The lowest BCUT2D eigenvalue weighted by molar-refractivity contribution is -0.113. The second-order valence-corrected chi connectivity index (χ2v) is 8.23. The van der Waals surface area contributed by atoms with Gasteiger partial charge in [0.2, 0.25) is 0 Å². The van der Waals surface area contributed by atoms with E-state index in [4.69, 9.17) is 25.6 Å². The van der Waals surface area contributed by atoms with Crippen molar-refractivity contribution >= 4 is 46.2 Å². The minimum Gasteiger partial charge on any atom is -0.497 e. The first-order valence-electron chi connectivity index (χ1n) is 9.66. The molecule has 164 valence electrons. The van der Waals surface area contributed by atoms with E-state index in [2.05, 4.69) is 10.1 Å². The normalized spacial score (nSPS) is 14.8. The SMILES string of the molecule is COc1ccc(/C=C2\N=C(SCc3cc(C)no3)N(c3ccc(Cl)c(OC)c3)C2=O)cc1. The van der Waals surface area contributed by atoms with Crippen molar-refractivity contribution in [2.24, 2.45) is 4.99 Å². The van der Waals surface area contributed by atoms with Crippen LogP contribution >= 0.6 is 23.4 Å². The van der Waals surface area contributed by atoms with Crippen LogP contribution in [-0.2, 0) is 10.5 Å². The van der Waals surface area contributed by atoms with Gasteiger partial charge in [-0.2, -0.15) is 0 Å². The summed E-state index contributed by atoms with van der Waals surface area (Å²) in [6.07, 6.45) is 1.74. The number of carbonyl (C=O) groups is 1. The maximum absolute atomic E-state index is 13.3. The van der Waals surface area contributed by atoms with Crippen LogP contribution in [0.2, 0.25) is 5.02 Å². The number of ether oxygens (including phenoxy) is 2. The number of hydrogen-bond donors (Lipinski definition) is 0. The zero-order chi connectivity index (χ0) is 22.7. The van der Waals surface area contributed by atoms with Gasteiger partial charge in [0.05, 0.1) is 36.4 Å². The summed E-state index contributed by atoms with van der Waals surface area (Å²) in [5, 5.41) is 4.89. The number of aromatic nitrogens is 1. The molecule has 0 saturated carbocycles. The fourth-order valence-corrected chi connectivity index (χ4v) is 4.17. The standard InChI is InChI=1S/C23H20ClN3O4S/c1-14-10-18(31-26-14)13-32-23-25-20(11-15-4-7-17(29-2)8-5-15)22(28)27(23)16-6-9-19(24)21(12-16)30-3/h4-12H,13H2,1-3H3/b20-11-. The molecule has 9 heteroatoms. The quantitative estimate of drug-likeness (QED) is 0.454. The second-order valence-electron chi connectivity index (χ2n) is 6.88. The number of methoxy groups -OCH3 is 2. The molecule has 1 aromatic heterocycles. The van der Waals surface area contributed by atoms with Crippen LogP contribution in [0, 0.1) is 6.92 Å². The lowest BCUT2D eigenvalue weighted by atomic mass is 10.2. The highest BCUT2D eigenvalue weighted by Crippen LogP contribution is 2.35. The number of amidine groups is 1. The molecule has 0 unspecified atom stereocenters. The van der Waals surface area contributed by atoms with Crippen LogP contribution in [0.4, 0.5) is 5.69 Å². The predicted molar refractivity (Wildman–Crippen MR) is 126 cm³/mol. The van der Waals surface area contributed by atoms with Crippen molar-refractivity contribution in [3.05, 3.63) is 76.3 Å². The number of nitrogens with zero attached hydrogens (tertiary/aromatic N) is 3. The van der Waals surface area contributed by atoms with Crippen molar-refractivity contribution < 1.29 is 18.8 Å². The van der Waals surface area contributed by atoms with Gasteiger partial charge in [-0.25, -0.2) is 4.99 Å². The largest absolute Gasteiger partial charge is 0.497 e. The molecule has 1 amide bonds. The van der Waals surface area contributed by atoms with Crippen molar-refractivity contribution in [3.63, 3.8) is 0 Å². The molecule has 2 aromatic carbocycles. The molecule has 3 aromatic rings. The zero-order valence-electron chi connectivity index (χ0n) is 17.7. The minimum atomic E-state index is -0.249. The van der Waals surface area contributed by atoms with Gasteiger partial charge in [0.25, 0.3) is 5.91 Å². The lowest BCUT2D eigenvalue weighted by Gasteiger charge is -2.18. The van der Waals surface area contributed by atoms with E-state index in [1.807, 2.05) is 37.3 Å². The van der Waals surface area contributed by atoms with Crippen molar-refractivity contribution in [2.45, 2.75) is 12.7 Å². The average Bonchev–Trinajstić information content (AvgIpc) is 3.36. The third-order valence-electron chi connectivity index (χ3n) is 4.66. The molecule has 0 radical (unpaired) electrons. The van der Waals surface area contributed by atoms with E-state index >= 15 is 0 Å². The summed E-state index contributed by atoms with van der Waals surface area (Å²) in [6, 6.07) is 14.4. The Hall–Kier alpha value is -3.23. The Morgan fingerprint density at radius 2 is 1.91 bits per heavy atom. The first kappa shape index (κ1) is 22.0. The minimum absolute atomic E-state index is 0.249. The summed E-state index contributed by atoms with van der Waals surface area (Å²) in [6.45, 7) is 1.86. The number of amides is 1. The first-order chi connectivity index (χ1) is 15.5. The van der Waals surface area contributed by atoms with Crippen molar-refractivity contribution in [1.82, 2.24) is 5.16 Å². The monoisotopic (exact) mass is 469 g/mol. The molecular formula is C23H20ClN3O4S. The maximum atomic E-state index is 13.3. The molecule has 0 fully saturated rings. The molecule has 7 nitrogen and oxygen atoms in total. The van der Waals surface area contributed by atoms with Gasteiger partial charge < -0.3 is 14.0 Å². The van der Waals surface area contributed by atoms with E-state index in [1.165, 1.54) is 18.9 Å². The summed E-state index contributed by atoms with van der Waals surface area (Å²) in [5.41, 5.74) is 2.56. The molecule has 0 N–H and O–H groups in total. The average molecular weight is 470 g/mol. The van der Waals surface area contributed by atoms with E-state index in [0.717, 1.165) is 17.0 Å². The number of aliphatic imine (C=N–C) groups is 1. The smallest absolute Gasteiger partial charge is 0.283 e. The van der Waals surface area contributed by atoms with Crippen LogP contribution in [0.3, 0.4) is 0 Å². The highest BCUT2D eigenvalue weighted by atomic mass is 35.5. The summed E-state index contributed by atoms with van der Waals surface area (Å²) in [7, 11) is 3.14. The second kappa shape index (κ2) is 9.50. The Morgan fingerprint density at radius 3 is 2.56 bits per heavy atom. The number of hydrogen-bond acceptors (Lipinski definition) is 7. The molecule has 32 heavy (non-hydrogen) atoms. The summed E-state index contributed by atoms with van der Waals surface area (Å²) in [4.78, 5) is 19.5. The summed E-state index contributed by atoms with van der Waals surface area (Å²) < 4.78 is 15.8. The molecule has 4 rings (SSSR count). The van der Waals surface area contributed by atoms with Gasteiger partial charge in [-0.1, -0.05) is 40.7 Å². The highest BCUT2D eigenvalue weighted by Gasteiger charge is 2.32. The summed E-state index contributed by atoms with van der Waals surface area (Å²) >= 11 is 7.56. The molecule has 0 atom stereocenters. The van der Waals surface area contributed by atoms with Gasteiger partial charge >= 0.3 is 0 Å². The lowest BCUT2D eigenvalue weighted by Crippen LogP contribution is -2.30. The van der Waals surface area contributed by atoms with E-state index in [0.29, 0.717) is 38.8 Å². The van der Waals surface area contributed by atoms with Crippen LogP contribution in [0.5, 0.6) is 11.5 Å². The topological polar surface area (TPSA) is 77.2 Å². The Labute approximate surface area is 194 Å². The molecule has 0 spiro atoms. The van der Waals surface area contributed by atoms with Crippen LogP contribution < -0.4 is 14.4 Å². The van der Waals surface area contributed by atoms with E-state index < -0.39 is 0 Å². The molecule has 2 heterocycles. The van der Waals surface area contributed by atoms with Gasteiger partial charge in [-0.3, -0.25) is 9.69 Å². The van der Waals surface area contributed by atoms with Gasteiger partial charge in [-0.05, 0) is 42.8 Å². The zero-order valence-corrected chi connectivity index (χ0v) is 19.2. The number of rotatable bonds is 6. The Kier molecular flexibility index (Phi) is 6.53. The summed E-state index contributed by atoms with van der Waals surface area (Å²) in [5.74, 6) is 2.14. The molecular weight excluding hydrogens is 450 g/mol. The fraction of sp³-hybridized carbons (Fsp3) is 0.174. The van der Waals surface area contributed by atoms with Crippen LogP contribution in [0.1, 0.15) is 17.0 Å².